The molecule has 2 rings (SSSR count). The van der Waals surface area contributed by atoms with E-state index in [0.29, 0.717) is 0 Å². The molecule has 3 amide bonds. The smallest absolute Gasteiger partial charge is 0.407 e. The molecule has 1 aliphatic rings. The van der Waals surface area contributed by atoms with Crippen LogP contribution in [0.15, 0.2) is 30.3 Å². The van der Waals surface area contributed by atoms with Crippen LogP contribution in [0, 0.1) is 5.92 Å². The maximum atomic E-state index is 12.1. The molecule has 1 aromatic rings. The fraction of sp³-hybridized carbons (Fsp3) is 0.550. The second kappa shape index (κ2) is 11.3. The Labute approximate surface area is 164 Å². The highest BCUT2D eigenvalue weighted by Gasteiger charge is 2.29. The largest absolute Gasteiger partial charge is 0.445 e. The maximum absolute atomic E-state index is 12.1. The van der Waals surface area contributed by atoms with E-state index in [2.05, 4.69) is 10.6 Å². The topological polar surface area (TPSA) is 131 Å². The zero-order chi connectivity index (χ0) is 20.4. The molecule has 2 atom stereocenters. The van der Waals surface area contributed by atoms with Gasteiger partial charge in [0.1, 0.15) is 12.6 Å². The lowest BCUT2D eigenvalue weighted by molar-refractivity contribution is -0.130. The first-order valence-electron chi connectivity index (χ1n) is 9.67. The fourth-order valence-electron chi connectivity index (χ4n) is 3.38. The number of carbonyl (C=O) groups is 3. The molecule has 0 saturated heterocycles. The fourth-order valence-corrected chi connectivity index (χ4v) is 3.38. The summed E-state index contributed by atoms with van der Waals surface area (Å²) in [5, 5.41) is 15.0. The minimum Gasteiger partial charge on any atom is -0.445 e. The molecular formula is C20H29N3O5. The van der Waals surface area contributed by atoms with Gasteiger partial charge in [-0.3, -0.25) is 9.59 Å². The van der Waals surface area contributed by atoms with Crippen molar-refractivity contribution >= 4 is 17.9 Å². The number of alkyl carbamates (subject to hydrolysis) is 1. The second-order valence-electron chi connectivity index (χ2n) is 7.15. The van der Waals surface area contributed by atoms with Crippen molar-refractivity contribution < 1.29 is 24.2 Å². The zero-order valence-corrected chi connectivity index (χ0v) is 15.9. The van der Waals surface area contributed by atoms with Crippen molar-refractivity contribution in [2.45, 2.75) is 57.3 Å². The van der Waals surface area contributed by atoms with E-state index in [4.69, 9.17) is 10.5 Å². The Morgan fingerprint density at radius 3 is 2.46 bits per heavy atom. The quantitative estimate of drug-likeness (QED) is 0.503. The van der Waals surface area contributed by atoms with E-state index in [1.54, 1.807) is 0 Å². The Balaban J connectivity index is 1.69. The number of nitrogens with one attached hydrogen (secondary N) is 2. The summed E-state index contributed by atoms with van der Waals surface area (Å²) in [4.78, 5) is 35.5. The second-order valence-corrected chi connectivity index (χ2v) is 7.15. The molecule has 1 aromatic carbocycles. The Hall–Kier alpha value is -2.61. The first kappa shape index (κ1) is 21.7. The first-order valence-corrected chi connectivity index (χ1v) is 9.67. The highest BCUT2D eigenvalue weighted by atomic mass is 16.5. The summed E-state index contributed by atoms with van der Waals surface area (Å²) >= 11 is 0. The maximum Gasteiger partial charge on any atom is 0.407 e. The number of aliphatic hydroxyl groups excluding tert-OH is 1. The van der Waals surface area contributed by atoms with Crippen molar-refractivity contribution in [2.75, 3.05) is 6.54 Å². The van der Waals surface area contributed by atoms with Crippen LogP contribution in [0.2, 0.25) is 0 Å². The number of amides is 3. The van der Waals surface area contributed by atoms with Crippen LogP contribution in [0.25, 0.3) is 0 Å². The van der Waals surface area contributed by atoms with E-state index in [-0.39, 0.29) is 25.5 Å². The third-order valence-corrected chi connectivity index (χ3v) is 4.86. The summed E-state index contributed by atoms with van der Waals surface area (Å²) < 4.78 is 5.04. The summed E-state index contributed by atoms with van der Waals surface area (Å²) in [6.07, 6.45) is 2.85. The van der Waals surface area contributed by atoms with Gasteiger partial charge in [0.2, 0.25) is 11.8 Å². The van der Waals surface area contributed by atoms with Crippen LogP contribution in [0.3, 0.4) is 0 Å². The number of aliphatic hydroxyl groups is 1. The van der Waals surface area contributed by atoms with E-state index >= 15 is 0 Å². The number of carbonyl (C=O) groups excluding carboxylic acids is 3. The highest BCUT2D eigenvalue weighted by molar-refractivity contribution is 5.87. The van der Waals surface area contributed by atoms with Crippen LogP contribution in [0.4, 0.5) is 4.79 Å². The zero-order valence-electron chi connectivity index (χ0n) is 15.9. The lowest BCUT2D eigenvalue weighted by Gasteiger charge is -2.29. The van der Waals surface area contributed by atoms with Gasteiger partial charge in [-0.2, -0.15) is 0 Å². The highest BCUT2D eigenvalue weighted by Crippen LogP contribution is 2.26. The molecule has 0 aliphatic heterocycles. The summed E-state index contributed by atoms with van der Waals surface area (Å²) in [5.41, 5.74) is 6.28. The Bertz CT molecular complexity index is 647. The van der Waals surface area contributed by atoms with Gasteiger partial charge < -0.3 is 26.2 Å². The minimum atomic E-state index is -1.09. The molecule has 1 aliphatic carbocycles. The van der Waals surface area contributed by atoms with Crippen LogP contribution < -0.4 is 16.4 Å². The molecule has 28 heavy (non-hydrogen) atoms. The summed E-state index contributed by atoms with van der Waals surface area (Å²) in [6.45, 7) is -0.0172. The summed E-state index contributed by atoms with van der Waals surface area (Å²) in [6, 6.07) is 8.48. The third kappa shape index (κ3) is 7.56. The van der Waals surface area contributed by atoms with Crippen molar-refractivity contribution in [1.82, 2.24) is 10.6 Å². The van der Waals surface area contributed by atoms with Crippen LogP contribution in [-0.4, -0.2) is 41.7 Å². The molecule has 0 bridgehead atoms. The molecular weight excluding hydrogens is 362 g/mol. The molecule has 0 aromatic heterocycles. The van der Waals surface area contributed by atoms with Crippen LogP contribution in [-0.2, 0) is 20.9 Å². The third-order valence-electron chi connectivity index (χ3n) is 4.86. The van der Waals surface area contributed by atoms with Crippen molar-refractivity contribution in [3.8, 4) is 0 Å². The van der Waals surface area contributed by atoms with Crippen molar-refractivity contribution in [3.05, 3.63) is 35.9 Å². The molecule has 8 nitrogen and oxygen atoms in total. The summed E-state index contributed by atoms with van der Waals surface area (Å²) in [7, 11) is 0. The van der Waals surface area contributed by atoms with Crippen LogP contribution >= 0.6 is 0 Å². The lowest BCUT2D eigenvalue weighted by atomic mass is 9.83. The van der Waals surface area contributed by atoms with Crippen molar-refractivity contribution in [2.24, 2.45) is 11.7 Å². The molecule has 0 unspecified atom stereocenters. The van der Waals surface area contributed by atoms with Gasteiger partial charge in [0, 0.05) is 6.54 Å². The molecule has 0 heterocycles. The Kier molecular flexibility index (Phi) is 8.74. The van der Waals surface area contributed by atoms with Gasteiger partial charge in [0.25, 0.3) is 0 Å². The lowest BCUT2D eigenvalue weighted by Crippen LogP contribution is -2.50. The molecule has 0 radical (unpaired) electrons. The van der Waals surface area contributed by atoms with E-state index in [0.717, 1.165) is 37.7 Å². The molecule has 154 valence electrons. The molecule has 5 N–H and O–H groups in total. The first-order chi connectivity index (χ1) is 13.5. The van der Waals surface area contributed by atoms with E-state index in [1.807, 2.05) is 30.3 Å². The van der Waals surface area contributed by atoms with Crippen LogP contribution in [0.5, 0.6) is 0 Å². The van der Waals surface area contributed by atoms with Gasteiger partial charge in [-0.25, -0.2) is 4.79 Å². The predicted molar refractivity (Wildman–Crippen MR) is 103 cm³/mol. The van der Waals surface area contributed by atoms with Gasteiger partial charge in [0.15, 0.2) is 0 Å². The van der Waals surface area contributed by atoms with Gasteiger partial charge >= 0.3 is 6.09 Å². The van der Waals surface area contributed by atoms with E-state index in [1.165, 1.54) is 0 Å². The average molecular weight is 391 g/mol. The monoisotopic (exact) mass is 391 g/mol. The van der Waals surface area contributed by atoms with Crippen molar-refractivity contribution in [1.29, 1.82) is 0 Å². The number of rotatable bonds is 9. The van der Waals surface area contributed by atoms with Crippen molar-refractivity contribution in [3.63, 3.8) is 0 Å². The van der Waals surface area contributed by atoms with E-state index in [9.17, 15) is 19.5 Å². The van der Waals surface area contributed by atoms with Crippen LogP contribution in [0.1, 0.15) is 44.1 Å². The standard InChI is InChI=1S/C20H29N3O5/c21-19(26)18(15-9-5-2-6-10-15)23-17(25)11-16(24)12-22-20(27)28-13-14-7-3-1-4-8-14/h1,3-4,7-8,15-16,18,24H,2,5-6,9-13H2,(H2,21,26)(H,22,27)(H,23,25)/t16-,18-/m0/s1. The number of ether oxygens (including phenoxy) is 1. The molecule has 8 heteroatoms. The van der Waals surface area contributed by atoms with Gasteiger partial charge in [-0.1, -0.05) is 49.6 Å². The number of benzene rings is 1. The minimum absolute atomic E-state index is 0.0402. The normalized spacial score (nSPS) is 16.6. The Morgan fingerprint density at radius 2 is 1.82 bits per heavy atom. The molecule has 1 fully saturated rings. The van der Waals surface area contributed by atoms with Gasteiger partial charge in [0.05, 0.1) is 12.5 Å². The molecule has 0 spiro atoms. The average Bonchev–Trinajstić information content (AvgIpc) is 2.70. The van der Waals surface area contributed by atoms with Gasteiger partial charge in [-0.05, 0) is 24.3 Å². The number of primary amides is 1. The molecule has 1 saturated carbocycles. The number of nitrogens with two attached hydrogens (primary N) is 1. The predicted octanol–water partition coefficient (Wildman–Crippen LogP) is 1.21. The van der Waals surface area contributed by atoms with E-state index < -0.39 is 30.1 Å². The number of hydrogen-bond donors (Lipinski definition) is 4. The van der Waals surface area contributed by atoms with Gasteiger partial charge in [-0.15, -0.1) is 0 Å². The number of hydrogen-bond acceptors (Lipinski definition) is 5. The summed E-state index contributed by atoms with van der Waals surface area (Å²) in [5.74, 6) is -0.989. The SMILES string of the molecule is NC(=O)[C@@H](NC(=O)C[C@H](O)CNC(=O)OCc1ccccc1)C1CCCCC1. The Morgan fingerprint density at radius 1 is 1.14 bits per heavy atom.